The number of fused-ring (bicyclic) bond motifs is 1. The largest absolute Gasteiger partial charge is 0.508 e. The summed E-state index contributed by atoms with van der Waals surface area (Å²) in [7, 11) is 0. The second-order valence-electron chi connectivity index (χ2n) is 4.62. The maximum atomic E-state index is 9.83. The summed E-state index contributed by atoms with van der Waals surface area (Å²) in [6.45, 7) is 0.452. The smallest absolute Gasteiger partial charge is 0.120 e. The van der Waals surface area contributed by atoms with Crippen LogP contribution in [0.25, 0.3) is 11.0 Å². The van der Waals surface area contributed by atoms with Crippen molar-refractivity contribution in [2.24, 2.45) is 0 Å². The summed E-state index contributed by atoms with van der Waals surface area (Å²) in [6, 6.07) is 8.76. The number of nitrogens with one attached hydrogen (secondary N) is 1. The van der Waals surface area contributed by atoms with E-state index in [1.165, 1.54) is 0 Å². The molecule has 5 nitrogen and oxygen atoms in total. The molecule has 0 amide bonds. The highest BCUT2D eigenvalue weighted by atomic mass is 79.9. The highest BCUT2D eigenvalue weighted by molar-refractivity contribution is 9.10. The van der Waals surface area contributed by atoms with E-state index in [1.54, 1.807) is 30.6 Å². The molecule has 0 aliphatic rings. The lowest BCUT2D eigenvalue weighted by Crippen LogP contribution is -2.02. The van der Waals surface area contributed by atoms with Crippen molar-refractivity contribution in [3.05, 3.63) is 52.8 Å². The molecule has 0 unspecified atom stereocenters. The Bertz CT molecular complexity index is 807. The van der Waals surface area contributed by atoms with Crippen molar-refractivity contribution in [3.8, 4) is 5.75 Å². The molecule has 0 spiro atoms. The predicted molar refractivity (Wildman–Crippen MR) is 87.1 cm³/mol. The fourth-order valence-electron chi connectivity index (χ4n) is 2.09. The second-order valence-corrected chi connectivity index (χ2v) is 5.54. The van der Waals surface area contributed by atoms with E-state index in [2.05, 4.69) is 31.2 Å². The molecule has 21 heavy (non-hydrogen) atoms. The van der Waals surface area contributed by atoms with Crippen molar-refractivity contribution in [2.75, 3.05) is 11.1 Å². The summed E-state index contributed by atoms with van der Waals surface area (Å²) in [4.78, 5) is 8.66. The average molecular weight is 345 g/mol. The Balaban J connectivity index is 1.90. The van der Waals surface area contributed by atoms with Gasteiger partial charge < -0.3 is 16.2 Å². The quantitative estimate of drug-likeness (QED) is 0.501. The van der Waals surface area contributed by atoms with Crippen molar-refractivity contribution in [2.45, 2.75) is 6.54 Å². The van der Waals surface area contributed by atoms with Crippen molar-refractivity contribution < 1.29 is 5.11 Å². The van der Waals surface area contributed by atoms with Crippen LogP contribution >= 0.6 is 15.9 Å². The van der Waals surface area contributed by atoms with E-state index < -0.39 is 0 Å². The standard InChI is InChI=1S/C15H13BrN4O/c16-10-6-13-15(20-8-10)12(3-4-18-13)19-7-9-5-11(17)1-2-14(9)21/h1-6,8,21H,7,17H2,(H,18,19). The molecule has 1 aromatic carbocycles. The number of halogens is 1. The minimum Gasteiger partial charge on any atom is -0.508 e. The Hall–Kier alpha value is -2.34. The molecule has 2 heterocycles. The van der Waals surface area contributed by atoms with E-state index in [9.17, 15) is 5.11 Å². The molecule has 4 N–H and O–H groups in total. The lowest BCUT2D eigenvalue weighted by Gasteiger charge is -2.10. The van der Waals surface area contributed by atoms with Crippen LogP contribution in [0, 0.1) is 0 Å². The number of pyridine rings is 2. The third-order valence-corrected chi connectivity index (χ3v) is 3.55. The lowest BCUT2D eigenvalue weighted by molar-refractivity contribution is 0.469. The van der Waals surface area contributed by atoms with Crippen molar-refractivity contribution in [1.29, 1.82) is 0 Å². The van der Waals surface area contributed by atoms with Gasteiger partial charge in [-0.1, -0.05) is 0 Å². The number of hydrogen-bond donors (Lipinski definition) is 3. The molecule has 0 radical (unpaired) electrons. The van der Waals surface area contributed by atoms with Crippen LogP contribution in [0.4, 0.5) is 11.4 Å². The van der Waals surface area contributed by atoms with Gasteiger partial charge in [-0.3, -0.25) is 9.97 Å². The number of phenols is 1. The maximum Gasteiger partial charge on any atom is 0.120 e. The lowest BCUT2D eigenvalue weighted by atomic mass is 10.1. The number of aromatic hydroxyl groups is 1. The second kappa shape index (κ2) is 5.57. The molecule has 3 aromatic rings. The molecule has 3 rings (SSSR count). The van der Waals surface area contributed by atoms with Crippen LogP contribution in [0.3, 0.4) is 0 Å². The monoisotopic (exact) mass is 344 g/mol. The van der Waals surface area contributed by atoms with Gasteiger partial charge in [0.15, 0.2) is 0 Å². The highest BCUT2D eigenvalue weighted by Crippen LogP contribution is 2.25. The normalized spacial score (nSPS) is 10.7. The number of rotatable bonds is 3. The predicted octanol–water partition coefficient (Wildman–Crippen LogP) is 3.29. The summed E-state index contributed by atoms with van der Waals surface area (Å²) in [5, 5.41) is 13.1. The molecule has 6 heteroatoms. The van der Waals surface area contributed by atoms with Crippen LogP contribution < -0.4 is 11.1 Å². The summed E-state index contributed by atoms with van der Waals surface area (Å²) in [5.41, 5.74) is 9.52. The molecule has 0 aliphatic carbocycles. The van der Waals surface area contributed by atoms with Gasteiger partial charge in [0.2, 0.25) is 0 Å². The summed E-state index contributed by atoms with van der Waals surface area (Å²) < 4.78 is 0.883. The number of hydrogen-bond acceptors (Lipinski definition) is 5. The minimum atomic E-state index is 0.214. The highest BCUT2D eigenvalue weighted by Gasteiger charge is 2.06. The fraction of sp³-hybridized carbons (Fsp3) is 0.0667. The SMILES string of the molecule is Nc1ccc(O)c(CNc2ccnc3cc(Br)cnc23)c1. The van der Waals surface area contributed by atoms with Gasteiger partial charge in [0.1, 0.15) is 11.3 Å². The van der Waals surface area contributed by atoms with E-state index >= 15 is 0 Å². The van der Waals surface area contributed by atoms with E-state index in [4.69, 9.17) is 5.73 Å². The van der Waals surface area contributed by atoms with E-state index in [0.29, 0.717) is 12.2 Å². The van der Waals surface area contributed by atoms with Crippen LogP contribution in [-0.2, 0) is 6.54 Å². The number of nitrogens with zero attached hydrogens (tertiary/aromatic N) is 2. The number of benzene rings is 1. The molecular weight excluding hydrogens is 332 g/mol. The van der Waals surface area contributed by atoms with Gasteiger partial charge in [-0.05, 0) is 46.3 Å². The van der Waals surface area contributed by atoms with Gasteiger partial charge in [0.05, 0.1) is 11.2 Å². The van der Waals surface area contributed by atoms with Gasteiger partial charge in [-0.15, -0.1) is 0 Å². The van der Waals surface area contributed by atoms with E-state index in [0.717, 1.165) is 26.8 Å². The van der Waals surface area contributed by atoms with Crippen LogP contribution in [0.5, 0.6) is 5.75 Å². The Labute approximate surface area is 130 Å². The number of phenolic OH excluding ortho intramolecular Hbond substituents is 1. The van der Waals surface area contributed by atoms with E-state index in [-0.39, 0.29) is 5.75 Å². The molecule has 0 bridgehead atoms. The van der Waals surface area contributed by atoms with Gasteiger partial charge in [-0.2, -0.15) is 0 Å². The molecule has 0 fully saturated rings. The zero-order chi connectivity index (χ0) is 14.8. The molecule has 0 saturated heterocycles. The van der Waals surface area contributed by atoms with Gasteiger partial charge in [0.25, 0.3) is 0 Å². The Morgan fingerprint density at radius 2 is 2.05 bits per heavy atom. The van der Waals surface area contributed by atoms with Crippen molar-refractivity contribution in [3.63, 3.8) is 0 Å². The van der Waals surface area contributed by atoms with Crippen LogP contribution in [0.1, 0.15) is 5.56 Å². The average Bonchev–Trinajstić information content (AvgIpc) is 2.47. The summed E-state index contributed by atoms with van der Waals surface area (Å²) in [5.74, 6) is 0.214. The van der Waals surface area contributed by atoms with Gasteiger partial charge in [0, 0.05) is 34.7 Å². The molecular formula is C15H13BrN4O. The molecule has 0 saturated carbocycles. The van der Waals surface area contributed by atoms with Crippen LogP contribution in [0.15, 0.2) is 47.2 Å². The molecule has 106 valence electrons. The summed E-state index contributed by atoms with van der Waals surface area (Å²) >= 11 is 3.38. The minimum absolute atomic E-state index is 0.214. The van der Waals surface area contributed by atoms with E-state index in [1.807, 2.05) is 12.1 Å². The van der Waals surface area contributed by atoms with Crippen LogP contribution in [0.2, 0.25) is 0 Å². The van der Waals surface area contributed by atoms with Crippen molar-refractivity contribution in [1.82, 2.24) is 9.97 Å². The third kappa shape index (κ3) is 2.90. The first-order chi connectivity index (χ1) is 10.1. The summed E-state index contributed by atoms with van der Waals surface area (Å²) in [6.07, 6.45) is 3.45. The number of nitrogens with two attached hydrogens (primary N) is 1. The van der Waals surface area contributed by atoms with Crippen LogP contribution in [-0.4, -0.2) is 15.1 Å². The molecule has 0 atom stereocenters. The zero-order valence-electron chi connectivity index (χ0n) is 11.0. The van der Waals surface area contributed by atoms with Gasteiger partial charge >= 0.3 is 0 Å². The van der Waals surface area contributed by atoms with Crippen molar-refractivity contribution >= 4 is 38.3 Å². The Morgan fingerprint density at radius 3 is 2.90 bits per heavy atom. The number of aromatic nitrogens is 2. The first-order valence-electron chi connectivity index (χ1n) is 6.35. The fourth-order valence-corrected chi connectivity index (χ4v) is 2.40. The number of anilines is 2. The Morgan fingerprint density at radius 1 is 1.19 bits per heavy atom. The van der Waals surface area contributed by atoms with Gasteiger partial charge in [-0.25, -0.2) is 0 Å². The zero-order valence-corrected chi connectivity index (χ0v) is 12.6. The topological polar surface area (TPSA) is 84.1 Å². The first kappa shape index (κ1) is 13.6. The molecule has 2 aromatic heterocycles. The number of nitrogen functional groups attached to an aromatic ring is 1. The molecule has 0 aliphatic heterocycles. The maximum absolute atomic E-state index is 9.83. The first-order valence-corrected chi connectivity index (χ1v) is 7.14. The Kier molecular flexibility index (Phi) is 3.62. The third-order valence-electron chi connectivity index (χ3n) is 3.12.